The lowest BCUT2D eigenvalue weighted by molar-refractivity contribution is 0.195. The van der Waals surface area contributed by atoms with Crippen LogP contribution in [0.15, 0.2) is 64.6 Å². The highest BCUT2D eigenvalue weighted by molar-refractivity contribution is 9.10. The van der Waals surface area contributed by atoms with Gasteiger partial charge in [-0.05, 0) is 73.0 Å². The Kier molecular flexibility index (Phi) is 5.20. The Labute approximate surface area is 203 Å². The van der Waals surface area contributed by atoms with Crippen LogP contribution < -0.4 is 5.32 Å². The largest absolute Gasteiger partial charge is 0.323 e. The number of hydrogen-bond acceptors (Lipinski definition) is 3. The van der Waals surface area contributed by atoms with Crippen LogP contribution in [0.5, 0.6) is 0 Å². The van der Waals surface area contributed by atoms with E-state index >= 15 is 0 Å². The van der Waals surface area contributed by atoms with Gasteiger partial charge in [-0.1, -0.05) is 28.1 Å². The van der Waals surface area contributed by atoms with E-state index in [-0.39, 0.29) is 12.1 Å². The number of benzene rings is 1. The first-order valence-electron chi connectivity index (χ1n) is 10.9. The number of fused-ring (bicyclic) bond motifs is 5. The highest BCUT2D eigenvalue weighted by atomic mass is 79.9. The molecule has 0 saturated heterocycles. The number of thiophene rings is 2. The average Bonchev–Trinajstić information content (AvgIpc) is 3.53. The third kappa shape index (κ3) is 3.43. The summed E-state index contributed by atoms with van der Waals surface area (Å²) in [5.41, 5.74) is 4.74. The summed E-state index contributed by atoms with van der Waals surface area (Å²) in [5, 5.41) is 6.53. The average molecular weight is 525 g/mol. The molecule has 1 unspecified atom stereocenters. The number of aryl methyl sites for hydroxylation is 1. The molecule has 3 aromatic heterocycles. The molecule has 0 radical (unpaired) electrons. The van der Waals surface area contributed by atoms with Crippen molar-refractivity contribution in [2.24, 2.45) is 0 Å². The summed E-state index contributed by atoms with van der Waals surface area (Å²) in [6.45, 7) is 0.616. The summed E-state index contributed by atoms with van der Waals surface area (Å²) in [6, 6.07) is 16.1. The highest BCUT2D eigenvalue weighted by Crippen LogP contribution is 2.44. The predicted octanol–water partition coefficient (Wildman–Crippen LogP) is 7.38. The van der Waals surface area contributed by atoms with Crippen molar-refractivity contribution in [2.45, 2.75) is 38.3 Å². The summed E-state index contributed by atoms with van der Waals surface area (Å²) in [6.07, 6.45) is 6.92. The molecule has 1 aromatic carbocycles. The van der Waals surface area contributed by atoms with E-state index in [1.165, 1.54) is 38.7 Å². The van der Waals surface area contributed by atoms with Gasteiger partial charge >= 0.3 is 6.03 Å². The maximum Gasteiger partial charge on any atom is 0.323 e. The molecule has 1 N–H and O–H groups in total. The van der Waals surface area contributed by atoms with E-state index in [1.807, 2.05) is 40.5 Å². The molecule has 0 bridgehead atoms. The van der Waals surface area contributed by atoms with Crippen LogP contribution in [0, 0.1) is 0 Å². The van der Waals surface area contributed by atoms with Gasteiger partial charge in [0.15, 0.2) is 0 Å². The molecule has 6 rings (SSSR count). The Morgan fingerprint density at radius 3 is 2.81 bits per heavy atom. The maximum atomic E-state index is 13.8. The summed E-state index contributed by atoms with van der Waals surface area (Å²) >= 11 is 7.14. The van der Waals surface area contributed by atoms with Crippen molar-refractivity contribution in [3.05, 3.63) is 91.2 Å². The molecule has 4 aromatic rings. The molecule has 1 atom stereocenters. The second-order valence-electron chi connectivity index (χ2n) is 8.28. The van der Waals surface area contributed by atoms with E-state index in [4.69, 9.17) is 0 Å². The molecule has 0 saturated carbocycles. The van der Waals surface area contributed by atoms with E-state index in [9.17, 15) is 4.79 Å². The fourth-order valence-corrected chi connectivity index (χ4v) is 7.55. The molecular weight excluding hydrogens is 502 g/mol. The molecule has 0 fully saturated rings. The lowest BCUT2D eigenvalue weighted by Gasteiger charge is -2.30. The van der Waals surface area contributed by atoms with E-state index in [0.717, 1.165) is 28.7 Å². The Bertz CT molecular complexity index is 1290. The van der Waals surface area contributed by atoms with Crippen LogP contribution in [0.25, 0.3) is 5.00 Å². The van der Waals surface area contributed by atoms with Crippen molar-refractivity contribution in [3.63, 3.8) is 0 Å². The Hall–Kier alpha value is -2.35. The second-order valence-corrected chi connectivity index (χ2v) is 11.3. The molecule has 162 valence electrons. The van der Waals surface area contributed by atoms with E-state index in [2.05, 4.69) is 61.7 Å². The maximum absolute atomic E-state index is 13.8. The van der Waals surface area contributed by atoms with Crippen molar-refractivity contribution < 1.29 is 4.79 Å². The smallest absolute Gasteiger partial charge is 0.310 e. The SMILES string of the molecule is O=C(Nc1cccc(Br)c1)N1Cc2c(sc3c2CCCC3)-n2cccc2C1c1cccs1. The molecule has 2 amide bonds. The molecule has 0 spiro atoms. The first-order valence-corrected chi connectivity index (χ1v) is 13.4. The minimum atomic E-state index is -0.129. The minimum absolute atomic E-state index is 0.0714. The van der Waals surface area contributed by atoms with Crippen LogP contribution in [0.1, 0.15) is 45.5 Å². The fourth-order valence-electron chi connectivity index (χ4n) is 4.89. The minimum Gasteiger partial charge on any atom is -0.310 e. The standard InChI is InChI=1S/C25H22BrN3OS2/c26-16-6-3-7-17(14-16)27-25(30)29-15-19-18-8-1-2-10-21(18)32-24(19)28-12-4-9-20(28)23(29)22-11-5-13-31-22/h3-7,9,11-14,23H,1-2,8,10,15H2,(H,27,30). The van der Waals surface area contributed by atoms with E-state index < -0.39 is 0 Å². The van der Waals surface area contributed by atoms with Gasteiger partial charge in [0.25, 0.3) is 0 Å². The van der Waals surface area contributed by atoms with Gasteiger partial charge in [-0.3, -0.25) is 0 Å². The van der Waals surface area contributed by atoms with Crippen LogP contribution >= 0.6 is 38.6 Å². The Balaban J connectivity index is 1.49. The van der Waals surface area contributed by atoms with Gasteiger partial charge in [0.05, 0.1) is 12.2 Å². The molecular formula is C25H22BrN3OS2. The lowest BCUT2D eigenvalue weighted by Crippen LogP contribution is -2.37. The van der Waals surface area contributed by atoms with Crippen molar-refractivity contribution in [1.29, 1.82) is 0 Å². The zero-order chi connectivity index (χ0) is 21.7. The Morgan fingerprint density at radius 2 is 1.97 bits per heavy atom. The molecule has 1 aliphatic carbocycles. The highest BCUT2D eigenvalue weighted by Gasteiger charge is 2.36. The van der Waals surface area contributed by atoms with Gasteiger partial charge in [0.2, 0.25) is 0 Å². The van der Waals surface area contributed by atoms with Crippen LogP contribution in [-0.4, -0.2) is 15.5 Å². The van der Waals surface area contributed by atoms with Crippen LogP contribution in [0.4, 0.5) is 10.5 Å². The summed E-state index contributed by atoms with van der Waals surface area (Å²) in [7, 11) is 0. The van der Waals surface area contributed by atoms with Gasteiger partial charge in [-0.15, -0.1) is 22.7 Å². The number of carbonyl (C=O) groups excluding carboxylic acids is 1. The number of halogens is 1. The zero-order valence-corrected chi connectivity index (χ0v) is 20.6. The van der Waals surface area contributed by atoms with Gasteiger partial charge in [0, 0.05) is 31.7 Å². The number of rotatable bonds is 2. The van der Waals surface area contributed by atoms with Gasteiger partial charge in [-0.2, -0.15) is 0 Å². The normalized spacial score (nSPS) is 17.3. The number of amides is 2. The van der Waals surface area contributed by atoms with E-state index in [1.54, 1.807) is 11.3 Å². The third-order valence-electron chi connectivity index (χ3n) is 6.33. The second kappa shape index (κ2) is 8.21. The van der Waals surface area contributed by atoms with Crippen molar-refractivity contribution in [1.82, 2.24) is 9.47 Å². The number of anilines is 1. The monoisotopic (exact) mass is 523 g/mol. The number of nitrogens with zero attached hydrogens (tertiary/aromatic N) is 2. The summed E-state index contributed by atoms with van der Waals surface area (Å²) < 4.78 is 3.28. The molecule has 4 heterocycles. The quantitative estimate of drug-likeness (QED) is 0.292. The third-order valence-corrected chi connectivity index (χ3v) is 9.08. The first kappa shape index (κ1) is 20.3. The first-order chi connectivity index (χ1) is 15.7. The predicted molar refractivity (Wildman–Crippen MR) is 135 cm³/mol. The van der Waals surface area contributed by atoms with Crippen molar-refractivity contribution in [3.8, 4) is 5.00 Å². The number of hydrogen-bond donors (Lipinski definition) is 1. The molecule has 4 nitrogen and oxygen atoms in total. The number of nitrogens with one attached hydrogen (secondary N) is 1. The number of carbonyl (C=O) groups is 1. The van der Waals surface area contributed by atoms with Crippen LogP contribution in [0.2, 0.25) is 0 Å². The van der Waals surface area contributed by atoms with Crippen molar-refractivity contribution >= 4 is 50.3 Å². The van der Waals surface area contributed by atoms with Crippen LogP contribution in [-0.2, 0) is 19.4 Å². The number of urea groups is 1. The van der Waals surface area contributed by atoms with E-state index in [0.29, 0.717) is 6.54 Å². The lowest BCUT2D eigenvalue weighted by atomic mass is 9.95. The molecule has 2 aliphatic rings. The van der Waals surface area contributed by atoms with Gasteiger partial charge in [0.1, 0.15) is 11.0 Å². The van der Waals surface area contributed by atoms with Crippen molar-refractivity contribution in [2.75, 3.05) is 5.32 Å². The van der Waals surface area contributed by atoms with Gasteiger partial charge in [-0.25, -0.2) is 4.79 Å². The molecule has 1 aliphatic heterocycles. The fraction of sp³-hybridized carbons (Fsp3) is 0.240. The molecule has 7 heteroatoms. The Morgan fingerprint density at radius 1 is 1.06 bits per heavy atom. The number of aromatic nitrogens is 1. The van der Waals surface area contributed by atoms with Crippen LogP contribution in [0.3, 0.4) is 0 Å². The topological polar surface area (TPSA) is 37.3 Å². The molecule has 32 heavy (non-hydrogen) atoms. The van der Waals surface area contributed by atoms with Gasteiger partial charge < -0.3 is 14.8 Å². The summed E-state index contributed by atoms with van der Waals surface area (Å²) in [4.78, 5) is 18.5. The zero-order valence-electron chi connectivity index (χ0n) is 17.4. The summed E-state index contributed by atoms with van der Waals surface area (Å²) in [5.74, 6) is 0.